The first-order valence-corrected chi connectivity index (χ1v) is 39.0. The number of nitrogens with zero attached hydrogens (tertiary/aromatic N) is 17. The summed E-state index contributed by atoms with van der Waals surface area (Å²) < 4.78 is 186. The van der Waals surface area contributed by atoms with Crippen molar-refractivity contribution in [2.45, 2.75) is 95.6 Å². The summed E-state index contributed by atoms with van der Waals surface area (Å²) in [4.78, 5) is 26.9. The maximum absolute atomic E-state index is 12.9. The van der Waals surface area contributed by atoms with Crippen molar-refractivity contribution in [2.75, 3.05) is 21.9 Å². The number of carbonyl (C=O) groups is 2. The largest absolute Gasteiger partial charge is 1.00 e. The Labute approximate surface area is 867 Å². The molecule has 7 N–H and O–H groups in total. The van der Waals surface area contributed by atoms with E-state index in [4.69, 9.17) is 21.6 Å². The van der Waals surface area contributed by atoms with Gasteiger partial charge in [0.2, 0.25) is 5.13 Å². The van der Waals surface area contributed by atoms with Gasteiger partial charge in [-0.25, -0.2) is 61.1 Å². The van der Waals surface area contributed by atoms with Crippen molar-refractivity contribution in [1.29, 1.82) is 5.26 Å². The van der Waals surface area contributed by atoms with Gasteiger partial charge in [0.05, 0.1) is 98.9 Å². The summed E-state index contributed by atoms with van der Waals surface area (Å²) in [6.45, 7) is 14.4. The van der Waals surface area contributed by atoms with Crippen LogP contribution in [0, 0.1) is 25.2 Å². The SMILES string of the molecule is CC(C)(C)c1nn(-c2cc(C(=O)[O-])cc(C(=O)[O-])c2)c(N)c1N=Nc1ncns1.Cc1nn(-c2ccc(S(=O)(=O)Nc3cc(S(=O)(=O)[O-])cc(S(=O)(=O)[O-])c3)cc2)c(N)c1N=Nc1nc2ccc(S(=O)(=O)[O-])cc2o1.Cc1nsc(N=Nc2c(C(C)(C)C)nn(-c3cc(S(=O)(=O)[O-])ccc3SOO[O-])c2N)c1C#N.[K+].[K+].[Na+].[Na+].[Na+].[Na+].[Na+]. The van der Waals surface area contributed by atoms with E-state index in [1.54, 1.807) is 6.92 Å². The number of nitrogens with two attached hydrogens (primary N) is 3. The molecule has 0 saturated heterocycles. The number of sulfonamides is 1. The number of anilines is 4. The summed E-state index contributed by atoms with van der Waals surface area (Å²) in [5.74, 6) is -3.14. The number of aromatic carboxylic acids is 2. The topological polar surface area (TPSA) is 691 Å². The van der Waals surface area contributed by atoms with Gasteiger partial charge in [0.25, 0.3) is 10.0 Å². The van der Waals surface area contributed by atoms with E-state index < -0.39 is 103 Å². The van der Waals surface area contributed by atoms with E-state index in [-0.39, 0.29) is 352 Å². The maximum atomic E-state index is 12.9. The molecule has 0 atom stereocenters. The Kier molecular flexibility index (Phi) is 41.8. The van der Waals surface area contributed by atoms with Gasteiger partial charge in [0.15, 0.2) is 45.1 Å². The second kappa shape index (κ2) is 44.5. The van der Waals surface area contributed by atoms with Crippen LogP contribution >= 0.6 is 35.1 Å². The van der Waals surface area contributed by atoms with Crippen LogP contribution in [0.5, 0.6) is 0 Å². The summed E-state index contributed by atoms with van der Waals surface area (Å²) in [7, 11) is -24.6. The number of aromatic nitrogens is 10. The fourth-order valence-corrected chi connectivity index (χ4v) is 13.9. The minimum atomic E-state index is -5.27. The molecule has 58 heteroatoms. The molecule has 0 fully saturated rings. The maximum Gasteiger partial charge on any atom is 1.00 e. The first kappa shape index (κ1) is 109. The summed E-state index contributed by atoms with van der Waals surface area (Å²) >= 11 is 2.50. The minimum absolute atomic E-state index is 0. The molecule has 11 aromatic rings. The van der Waals surface area contributed by atoms with Crippen molar-refractivity contribution in [3.05, 3.63) is 143 Å². The van der Waals surface area contributed by atoms with Crippen molar-refractivity contribution in [1.82, 2.24) is 48.1 Å². The number of aryl methyl sites for hydroxylation is 2. The zero-order valence-corrected chi connectivity index (χ0v) is 86.2. The molecule has 0 spiro atoms. The number of hydrogen-bond acceptors (Lipinski definition) is 42. The standard InChI is InChI=1S/C23H19N7O12S4.C18H19N7O6S3.C17H17N7O4S.2K.5Na/c1-12-21(26-27-23-25-19-7-6-16(44(33,34)35)11-20(19)42-23)22(24)30(28-12)14-2-4-15(5-3-14)43(31,32)29-13-8-17(45(36,37)38)10-18(9-13)46(39,40)41;1-9-11(8-19)17(32-24-9)22-21-14-15(18(2,3)4)23-25(16(14)20)12-7-10(34(27,28)29)5-6-13(12)33-31-30-26;1-17(2,3)12-11(21-22-16-19-7-20-29-16)13(18)24(23-12)10-5-8(14(25)26)4-9(6-10)15(27)28;;;;;;;/h2-11,29H,24H2,1H3,(H,33,34,35)(H,36,37,38)(H,39,40,41);5-7,26H,20H2,1-4H3,(H,27,28,29);4-7H,18H2,1-3H3,(H,25,26)(H,27,28);;;;;;;/q;;;7*+1/p-7. The van der Waals surface area contributed by atoms with Crippen molar-refractivity contribution < 1.29 is 350 Å². The molecule has 0 saturated carbocycles. The van der Waals surface area contributed by atoms with Crippen LogP contribution in [0.25, 0.3) is 28.2 Å². The van der Waals surface area contributed by atoms with Crippen LogP contribution in [0.15, 0.2) is 168 Å². The number of hydrogen-bond donors (Lipinski definition) is 4. The monoisotopic (exact) mass is 1840 g/mol. The predicted octanol–water partition coefficient (Wildman–Crippen LogP) is -15.5. The Balaban J connectivity index is 0.000000589. The number of carboxylic acid groups (broad SMARTS) is 2. The van der Waals surface area contributed by atoms with Crippen molar-refractivity contribution >= 4 is 165 Å². The van der Waals surface area contributed by atoms with E-state index in [1.165, 1.54) is 59.0 Å². The number of azo groups is 3. The quantitative estimate of drug-likeness (QED) is 0.0130. The van der Waals surface area contributed by atoms with E-state index in [1.807, 2.05) is 52.3 Å². The van der Waals surface area contributed by atoms with Gasteiger partial charge in [-0.3, -0.25) is 9.76 Å². The molecule has 43 nitrogen and oxygen atoms in total. The predicted molar refractivity (Wildman–Crippen MR) is 370 cm³/mol. The fraction of sp³-hybridized carbons (Fsp3) is 0.172. The number of carboxylic acids is 2. The number of nitrogens with one attached hydrogen (secondary N) is 1. The Bertz CT molecular complexity index is 6120. The molecule has 6 aromatic heterocycles. The molecular weight excluding hydrogens is 1790 g/mol. The molecule has 0 unspecified atom stereocenters. The summed E-state index contributed by atoms with van der Waals surface area (Å²) in [6.07, 6.45) is 1.34. The minimum Gasteiger partial charge on any atom is -0.744 e. The molecule has 116 heavy (non-hydrogen) atoms. The molecule has 0 radical (unpaired) electrons. The normalized spacial score (nSPS) is 11.8. The number of fused-ring (bicyclic) bond motifs is 1. The Morgan fingerprint density at radius 3 is 1.56 bits per heavy atom. The van der Waals surface area contributed by atoms with E-state index in [9.17, 15) is 90.6 Å². The van der Waals surface area contributed by atoms with Crippen molar-refractivity contribution in [3.63, 3.8) is 0 Å². The van der Waals surface area contributed by atoms with Gasteiger partial charge in [0.1, 0.15) is 63.9 Å². The molecule has 11 rings (SSSR count). The molecule has 0 amide bonds. The molecule has 0 bridgehead atoms. The number of carbonyl (C=O) groups excluding carboxylic acids is 2. The average molecular weight is 1840 g/mol. The van der Waals surface area contributed by atoms with Gasteiger partial charge in [-0.1, -0.05) is 46.7 Å². The number of rotatable bonds is 21. The zero-order valence-electron chi connectivity index (χ0n) is 63.4. The summed E-state index contributed by atoms with van der Waals surface area (Å²) in [6, 6.07) is 17.9. The first-order valence-electron chi connectivity index (χ1n) is 29.6. The molecule has 5 aromatic carbocycles. The molecule has 6 heterocycles. The number of oxazole rings is 1. The third-order valence-corrected chi connectivity index (χ3v) is 21.0. The van der Waals surface area contributed by atoms with Gasteiger partial charge in [-0.2, -0.15) is 38.6 Å². The smallest absolute Gasteiger partial charge is 0.744 e. The Morgan fingerprint density at radius 2 is 1.06 bits per heavy atom. The molecule has 0 aliphatic heterocycles. The fourth-order valence-electron chi connectivity index (χ4n) is 9.24. The van der Waals surface area contributed by atoms with Gasteiger partial charge in [0, 0.05) is 28.4 Å². The van der Waals surface area contributed by atoms with Crippen LogP contribution < -0.4 is 288 Å². The Morgan fingerprint density at radius 1 is 0.578 bits per heavy atom. The zero-order chi connectivity index (χ0) is 80.4. The van der Waals surface area contributed by atoms with E-state index >= 15 is 0 Å². The third-order valence-electron chi connectivity index (χ3n) is 14.3. The van der Waals surface area contributed by atoms with Crippen LogP contribution in [-0.4, -0.2) is 120 Å². The number of benzene rings is 5. The van der Waals surface area contributed by atoms with Crippen molar-refractivity contribution in [2.24, 2.45) is 30.7 Å². The van der Waals surface area contributed by atoms with E-state index in [2.05, 4.69) is 74.1 Å². The Hall–Kier alpha value is -3.09. The van der Waals surface area contributed by atoms with Crippen LogP contribution in [0.2, 0.25) is 0 Å². The van der Waals surface area contributed by atoms with Gasteiger partial charge >= 0.3 is 257 Å². The summed E-state index contributed by atoms with van der Waals surface area (Å²) in [5, 5.41) is 83.6. The van der Waals surface area contributed by atoms with Gasteiger partial charge in [-0.05, 0) is 128 Å². The van der Waals surface area contributed by atoms with Crippen LogP contribution in [0.1, 0.15) is 90.6 Å². The molecule has 0 aliphatic carbocycles. The molecular formula is C58H48K2N21Na5O22S8. The van der Waals surface area contributed by atoms with Crippen molar-refractivity contribution in [3.8, 4) is 23.1 Å². The van der Waals surface area contributed by atoms with Crippen LogP contribution in [0.3, 0.4) is 0 Å². The second-order valence-corrected chi connectivity index (χ2v) is 33.5. The third kappa shape index (κ3) is 27.5. The first-order chi connectivity index (χ1) is 50.7. The summed E-state index contributed by atoms with van der Waals surface area (Å²) in [5.41, 5.74) is 19.2. The van der Waals surface area contributed by atoms with E-state index in [0.717, 1.165) is 70.2 Å². The van der Waals surface area contributed by atoms with Crippen LogP contribution in [-0.2, 0) is 70.7 Å². The van der Waals surface area contributed by atoms with Gasteiger partial charge in [-0.15, -0.1) is 25.6 Å². The number of nitrogen functional groups attached to an aromatic ring is 3. The molecule has 572 valence electrons. The number of nitriles is 1. The van der Waals surface area contributed by atoms with Crippen LogP contribution in [0.4, 0.5) is 56.4 Å². The van der Waals surface area contributed by atoms with Gasteiger partial charge < -0.3 is 64.9 Å². The molecule has 0 aliphatic rings. The van der Waals surface area contributed by atoms with E-state index in [0.29, 0.717) is 52.5 Å². The second-order valence-electron chi connectivity index (χ2n) is 24.0. The average Bonchev–Trinajstić information content (AvgIpc) is 1.61.